The lowest BCUT2D eigenvalue weighted by Gasteiger charge is -2.29. The molecular weight excluding hydrogens is 376 g/mol. The van der Waals surface area contributed by atoms with Gasteiger partial charge in [-0.15, -0.1) is 0 Å². The highest BCUT2D eigenvalue weighted by Gasteiger charge is 2.53. The number of Topliss-reactive ketones (excluding diaryl/α,β-unsaturated/α-hetero) is 2. The van der Waals surface area contributed by atoms with Gasteiger partial charge in [0.05, 0.1) is 26.5 Å². The molecule has 0 N–H and O–H groups in total. The second-order valence-corrected chi connectivity index (χ2v) is 7.01. The van der Waals surface area contributed by atoms with Gasteiger partial charge in [0, 0.05) is 18.7 Å². The first-order chi connectivity index (χ1) is 13.9. The Kier molecular flexibility index (Phi) is 6.03. The number of nitrogens with zero attached hydrogens (tertiary/aromatic N) is 2. The van der Waals surface area contributed by atoms with E-state index in [1.165, 1.54) is 31.4 Å². The largest absolute Gasteiger partial charge is 0.493 e. The van der Waals surface area contributed by atoms with Gasteiger partial charge in [-0.05, 0) is 32.3 Å². The normalized spacial score (nSPS) is 19.1. The number of ketones is 2. The van der Waals surface area contributed by atoms with Crippen LogP contribution in [0.25, 0.3) is 0 Å². The number of rotatable bonds is 8. The van der Waals surface area contributed by atoms with Gasteiger partial charge in [-0.2, -0.15) is 0 Å². The van der Waals surface area contributed by atoms with Gasteiger partial charge in [0.25, 0.3) is 5.91 Å². The molecule has 1 aliphatic rings. The second-order valence-electron chi connectivity index (χ2n) is 7.01. The molecule has 2 unspecified atom stereocenters. The first kappa shape index (κ1) is 20.6. The number of methoxy groups -OCH3 is 2. The number of hydrogen-bond acceptors (Lipinski definition) is 7. The zero-order valence-electron chi connectivity index (χ0n) is 16.9. The van der Waals surface area contributed by atoms with Gasteiger partial charge >= 0.3 is 0 Å². The van der Waals surface area contributed by atoms with Crippen LogP contribution in [0.1, 0.15) is 22.2 Å². The molecule has 3 rings (SSSR count). The molecule has 0 spiro atoms. The summed E-state index contributed by atoms with van der Waals surface area (Å²) in [4.78, 5) is 42.2. The highest BCUT2D eigenvalue weighted by molar-refractivity contribution is 6.43. The second kappa shape index (κ2) is 8.48. The van der Waals surface area contributed by atoms with Crippen LogP contribution in [0.2, 0.25) is 0 Å². The lowest BCUT2D eigenvalue weighted by Crippen LogP contribution is -2.36. The Bertz CT molecular complexity index is 906. The zero-order valence-corrected chi connectivity index (χ0v) is 16.9. The summed E-state index contributed by atoms with van der Waals surface area (Å²) in [6, 6.07) is 7.43. The Morgan fingerprint density at radius 3 is 2.48 bits per heavy atom. The Hall–Kier alpha value is -3.13. The standard InChI is InChI=1S/C21H24N2O6/c1-22(2)10-11-23-17(13-7-5-8-15(27-3)20(13)28-4)16(19(25)21(23)26)18(24)14-9-6-12-29-14/h5-9,12,16-17H,10-11H2,1-4H3. The molecule has 0 saturated carbocycles. The third-order valence-corrected chi connectivity index (χ3v) is 4.99. The van der Waals surface area contributed by atoms with Gasteiger partial charge in [-0.25, -0.2) is 0 Å². The van der Waals surface area contributed by atoms with Crippen molar-refractivity contribution in [3.8, 4) is 11.5 Å². The Morgan fingerprint density at radius 2 is 1.90 bits per heavy atom. The quantitative estimate of drug-likeness (QED) is 0.379. The van der Waals surface area contributed by atoms with Gasteiger partial charge in [0.1, 0.15) is 5.92 Å². The third-order valence-electron chi connectivity index (χ3n) is 4.99. The maximum absolute atomic E-state index is 13.1. The van der Waals surface area contributed by atoms with Gasteiger partial charge in [-0.3, -0.25) is 14.4 Å². The molecule has 1 saturated heterocycles. The predicted octanol–water partition coefficient (Wildman–Crippen LogP) is 1.81. The number of benzene rings is 1. The van der Waals surface area contributed by atoms with Crippen molar-refractivity contribution in [2.24, 2.45) is 5.92 Å². The number of para-hydroxylation sites is 1. The molecule has 2 aromatic rings. The van der Waals surface area contributed by atoms with E-state index in [0.717, 1.165) is 0 Å². The van der Waals surface area contributed by atoms with E-state index in [4.69, 9.17) is 13.9 Å². The van der Waals surface area contributed by atoms with Crippen molar-refractivity contribution >= 4 is 17.5 Å². The number of likely N-dealkylation sites (N-methyl/N-ethyl adjacent to an activating group) is 1. The number of hydrogen-bond donors (Lipinski definition) is 0. The van der Waals surface area contributed by atoms with Gasteiger partial charge in [0.2, 0.25) is 11.6 Å². The first-order valence-electron chi connectivity index (χ1n) is 9.18. The summed E-state index contributed by atoms with van der Waals surface area (Å²) in [6.45, 7) is 0.813. The fraction of sp³-hybridized carbons (Fsp3) is 0.381. The highest BCUT2D eigenvalue weighted by Crippen LogP contribution is 2.44. The number of amides is 1. The van der Waals surface area contributed by atoms with Crippen LogP contribution in [-0.4, -0.2) is 68.7 Å². The van der Waals surface area contributed by atoms with E-state index < -0.39 is 29.4 Å². The maximum atomic E-state index is 13.1. The molecule has 2 heterocycles. The van der Waals surface area contributed by atoms with E-state index in [-0.39, 0.29) is 12.3 Å². The summed E-state index contributed by atoms with van der Waals surface area (Å²) in [6.07, 6.45) is 1.36. The number of furan rings is 1. The summed E-state index contributed by atoms with van der Waals surface area (Å²) in [5.74, 6) is -2.32. The minimum absolute atomic E-state index is 0.0393. The van der Waals surface area contributed by atoms with Crippen molar-refractivity contribution in [1.82, 2.24) is 9.80 Å². The summed E-state index contributed by atoms with van der Waals surface area (Å²) >= 11 is 0. The lowest BCUT2D eigenvalue weighted by molar-refractivity contribution is -0.140. The fourth-order valence-corrected chi connectivity index (χ4v) is 3.60. The molecule has 1 fully saturated rings. The van der Waals surface area contributed by atoms with Crippen molar-refractivity contribution in [2.45, 2.75) is 6.04 Å². The number of carbonyl (C=O) groups excluding carboxylic acids is 3. The predicted molar refractivity (Wildman–Crippen MR) is 104 cm³/mol. The Balaban J connectivity index is 2.13. The first-order valence-corrected chi connectivity index (χ1v) is 9.18. The average Bonchev–Trinajstić information content (AvgIpc) is 3.33. The minimum atomic E-state index is -1.23. The zero-order chi connectivity index (χ0) is 21.1. The average molecular weight is 400 g/mol. The van der Waals surface area contributed by atoms with E-state index in [0.29, 0.717) is 23.6 Å². The molecule has 1 aromatic carbocycles. The Labute approximate surface area is 169 Å². The van der Waals surface area contributed by atoms with Crippen LogP contribution in [0.15, 0.2) is 41.0 Å². The van der Waals surface area contributed by atoms with E-state index in [1.54, 1.807) is 24.3 Å². The van der Waals surface area contributed by atoms with Crippen LogP contribution in [0.5, 0.6) is 11.5 Å². The van der Waals surface area contributed by atoms with Crippen molar-refractivity contribution < 1.29 is 28.3 Å². The summed E-state index contributed by atoms with van der Waals surface area (Å²) in [7, 11) is 6.72. The molecule has 1 aromatic heterocycles. The summed E-state index contributed by atoms with van der Waals surface area (Å²) in [5.41, 5.74) is 0.537. The molecule has 0 bridgehead atoms. The molecule has 2 atom stereocenters. The number of ether oxygens (including phenoxy) is 2. The number of carbonyl (C=O) groups is 3. The van der Waals surface area contributed by atoms with Crippen molar-refractivity contribution in [2.75, 3.05) is 41.4 Å². The van der Waals surface area contributed by atoms with E-state index in [1.807, 2.05) is 19.0 Å². The van der Waals surface area contributed by atoms with Crippen LogP contribution >= 0.6 is 0 Å². The van der Waals surface area contributed by atoms with E-state index in [9.17, 15) is 14.4 Å². The van der Waals surface area contributed by atoms with Gasteiger partial charge in [0.15, 0.2) is 17.3 Å². The molecule has 1 amide bonds. The topological polar surface area (TPSA) is 89.3 Å². The molecule has 0 radical (unpaired) electrons. The molecule has 8 nitrogen and oxygen atoms in total. The maximum Gasteiger partial charge on any atom is 0.291 e. The number of likely N-dealkylation sites (tertiary alicyclic amines) is 1. The third kappa shape index (κ3) is 3.75. The van der Waals surface area contributed by atoms with E-state index >= 15 is 0 Å². The highest BCUT2D eigenvalue weighted by atomic mass is 16.5. The molecule has 8 heteroatoms. The van der Waals surface area contributed by atoms with Gasteiger partial charge in [-0.1, -0.05) is 12.1 Å². The minimum Gasteiger partial charge on any atom is -0.493 e. The molecule has 154 valence electrons. The molecule has 0 aliphatic carbocycles. The summed E-state index contributed by atoms with van der Waals surface area (Å²) in [5, 5.41) is 0. The van der Waals surface area contributed by atoms with Crippen molar-refractivity contribution in [1.29, 1.82) is 0 Å². The van der Waals surface area contributed by atoms with Crippen LogP contribution in [0, 0.1) is 5.92 Å². The van der Waals surface area contributed by atoms with Crippen LogP contribution in [0.4, 0.5) is 0 Å². The molecular formula is C21H24N2O6. The van der Waals surface area contributed by atoms with Crippen LogP contribution in [0.3, 0.4) is 0 Å². The van der Waals surface area contributed by atoms with E-state index in [2.05, 4.69) is 0 Å². The van der Waals surface area contributed by atoms with Gasteiger partial charge < -0.3 is 23.7 Å². The van der Waals surface area contributed by atoms with Crippen molar-refractivity contribution in [3.63, 3.8) is 0 Å². The lowest BCUT2D eigenvalue weighted by atomic mass is 9.87. The van der Waals surface area contributed by atoms with Crippen molar-refractivity contribution in [3.05, 3.63) is 47.9 Å². The smallest absolute Gasteiger partial charge is 0.291 e. The fourth-order valence-electron chi connectivity index (χ4n) is 3.60. The Morgan fingerprint density at radius 1 is 1.14 bits per heavy atom. The van der Waals surface area contributed by atoms with Crippen LogP contribution in [-0.2, 0) is 9.59 Å². The summed E-state index contributed by atoms with van der Waals surface area (Å²) < 4.78 is 16.1. The molecule has 29 heavy (non-hydrogen) atoms. The van der Waals surface area contributed by atoms with Crippen LogP contribution < -0.4 is 9.47 Å². The monoisotopic (exact) mass is 400 g/mol. The SMILES string of the molecule is COc1cccc(C2C(C(=O)c3ccco3)C(=O)C(=O)N2CCN(C)C)c1OC. The molecule has 1 aliphatic heterocycles.